The predicted octanol–water partition coefficient (Wildman–Crippen LogP) is 3.05. The lowest BCUT2D eigenvalue weighted by molar-refractivity contribution is -0.131. The number of nitrogens with zero attached hydrogens (tertiary/aromatic N) is 1. The number of carboxylic acid groups (broad SMARTS) is 1. The lowest BCUT2D eigenvalue weighted by atomic mass is 9.93. The molecule has 1 heterocycles. The molecular formula is C17H21NO3. The summed E-state index contributed by atoms with van der Waals surface area (Å²) >= 11 is 0. The zero-order valence-electron chi connectivity index (χ0n) is 12.5. The number of aliphatic carboxylic acids is 1. The molecule has 4 nitrogen and oxygen atoms in total. The number of hydrogen-bond acceptors (Lipinski definition) is 2. The summed E-state index contributed by atoms with van der Waals surface area (Å²) in [5.41, 5.74) is 1.34. The predicted molar refractivity (Wildman–Crippen MR) is 82.0 cm³/mol. The zero-order chi connectivity index (χ0) is 15.4. The number of amides is 1. The van der Waals surface area contributed by atoms with Gasteiger partial charge in [-0.05, 0) is 49.5 Å². The number of piperidine rings is 1. The Labute approximate surface area is 125 Å². The molecule has 1 N–H and O–H groups in total. The number of benzene rings is 1. The highest BCUT2D eigenvalue weighted by Gasteiger charge is 2.27. The molecule has 0 aliphatic carbocycles. The van der Waals surface area contributed by atoms with E-state index in [1.54, 1.807) is 24.3 Å². The molecule has 2 unspecified atom stereocenters. The smallest absolute Gasteiger partial charge is 0.328 e. The van der Waals surface area contributed by atoms with Crippen LogP contribution >= 0.6 is 0 Å². The van der Waals surface area contributed by atoms with Crippen LogP contribution in [0.15, 0.2) is 30.3 Å². The Kier molecular flexibility index (Phi) is 4.78. The first-order valence-corrected chi connectivity index (χ1v) is 7.29. The van der Waals surface area contributed by atoms with E-state index in [4.69, 9.17) is 5.11 Å². The average molecular weight is 287 g/mol. The summed E-state index contributed by atoms with van der Waals surface area (Å²) in [6.45, 7) is 5.09. The summed E-state index contributed by atoms with van der Waals surface area (Å²) in [4.78, 5) is 25.1. The van der Waals surface area contributed by atoms with E-state index in [1.165, 1.54) is 6.08 Å². The second-order valence-electron chi connectivity index (χ2n) is 5.77. The maximum Gasteiger partial charge on any atom is 0.328 e. The average Bonchev–Trinajstić information content (AvgIpc) is 2.45. The topological polar surface area (TPSA) is 57.6 Å². The summed E-state index contributed by atoms with van der Waals surface area (Å²) in [6.07, 6.45) is 4.65. The van der Waals surface area contributed by atoms with Gasteiger partial charge in [0.25, 0.3) is 5.91 Å². The molecule has 0 aromatic heterocycles. The van der Waals surface area contributed by atoms with Gasteiger partial charge in [0.15, 0.2) is 0 Å². The SMILES string of the molecule is CC1CCN(C(=O)c2cccc(C=CC(=O)O)c2)C(C)C1. The third-order valence-electron chi connectivity index (χ3n) is 3.95. The normalized spacial score (nSPS) is 22.5. The van der Waals surface area contributed by atoms with Crippen molar-refractivity contribution in [2.24, 2.45) is 5.92 Å². The Bertz CT molecular complexity index is 565. The fraction of sp³-hybridized carbons (Fsp3) is 0.412. The van der Waals surface area contributed by atoms with Crippen molar-refractivity contribution in [3.63, 3.8) is 0 Å². The van der Waals surface area contributed by atoms with Crippen molar-refractivity contribution in [3.05, 3.63) is 41.5 Å². The lowest BCUT2D eigenvalue weighted by Gasteiger charge is -2.36. The van der Waals surface area contributed by atoms with Gasteiger partial charge in [0.1, 0.15) is 0 Å². The van der Waals surface area contributed by atoms with Crippen LogP contribution in [-0.4, -0.2) is 34.5 Å². The largest absolute Gasteiger partial charge is 0.478 e. The Morgan fingerprint density at radius 2 is 2.10 bits per heavy atom. The second-order valence-corrected chi connectivity index (χ2v) is 5.77. The van der Waals surface area contributed by atoms with Crippen LogP contribution in [0.25, 0.3) is 6.08 Å². The summed E-state index contributed by atoms with van der Waals surface area (Å²) < 4.78 is 0. The van der Waals surface area contributed by atoms with Gasteiger partial charge < -0.3 is 10.0 Å². The fourth-order valence-corrected chi connectivity index (χ4v) is 2.82. The number of carboxylic acids is 1. The minimum absolute atomic E-state index is 0.0278. The first-order chi connectivity index (χ1) is 9.97. The van der Waals surface area contributed by atoms with E-state index in [0.717, 1.165) is 31.0 Å². The van der Waals surface area contributed by atoms with Crippen molar-refractivity contribution in [1.29, 1.82) is 0 Å². The van der Waals surface area contributed by atoms with Crippen molar-refractivity contribution < 1.29 is 14.7 Å². The van der Waals surface area contributed by atoms with E-state index in [1.807, 2.05) is 4.90 Å². The van der Waals surface area contributed by atoms with Crippen LogP contribution < -0.4 is 0 Å². The molecule has 0 bridgehead atoms. The van der Waals surface area contributed by atoms with E-state index >= 15 is 0 Å². The summed E-state index contributed by atoms with van der Waals surface area (Å²) in [6, 6.07) is 7.35. The molecule has 1 aliphatic heterocycles. The monoisotopic (exact) mass is 287 g/mol. The highest BCUT2D eigenvalue weighted by atomic mass is 16.4. The van der Waals surface area contributed by atoms with E-state index in [0.29, 0.717) is 11.5 Å². The van der Waals surface area contributed by atoms with Gasteiger partial charge in [0, 0.05) is 24.2 Å². The quantitative estimate of drug-likeness (QED) is 0.869. The Hall–Kier alpha value is -2.10. The molecular weight excluding hydrogens is 266 g/mol. The van der Waals surface area contributed by atoms with Crippen LogP contribution in [0.1, 0.15) is 42.6 Å². The molecule has 0 saturated carbocycles. The zero-order valence-corrected chi connectivity index (χ0v) is 12.5. The maximum atomic E-state index is 12.6. The Morgan fingerprint density at radius 3 is 2.76 bits per heavy atom. The molecule has 2 rings (SSSR count). The number of rotatable bonds is 3. The molecule has 2 atom stereocenters. The van der Waals surface area contributed by atoms with Gasteiger partial charge in [-0.1, -0.05) is 19.1 Å². The number of hydrogen-bond donors (Lipinski definition) is 1. The van der Waals surface area contributed by atoms with Gasteiger partial charge in [-0.15, -0.1) is 0 Å². The minimum atomic E-state index is -0.995. The molecule has 4 heteroatoms. The van der Waals surface area contributed by atoms with Gasteiger partial charge in [-0.3, -0.25) is 4.79 Å². The van der Waals surface area contributed by atoms with Gasteiger partial charge in [0.2, 0.25) is 0 Å². The molecule has 1 saturated heterocycles. The number of carbonyl (C=O) groups is 2. The molecule has 0 spiro atoms. The first-order valence-electron chi connectivity index (χ1n) is 7.29. The van der Waals surface area contributed by atoms with Crippen LogP contribution in [0.3, 0.4) is 0 Å². The van der Waals surface area contributed by atoms with Crippen LogP contribution in [0.4, 0.5) is 0 Å². The van der Waals surface area contributed by atoms with E-state index in [-0.39, 0.29) is 11.9 Å². The van der Waals surface area contributed by atoms with Crippen molar-refractivity contribution in [3.8, 4) is 0 Å². The lowest BCUT2D eigenvalue weighted by Crippen LogP contribution is -2.44. The second kappa shape index (κ2) is 6.57. The van der Waals surface area contributed by atoms with Crippen LogP contribution in [0.2, 0.25) is 0 Å². The highest BCUT2D eigenvalue weighted by Crippen LogP contribution is 2.24. The van der Waals surface area contributed by atoms with Crippen molar-refractivity contribution in [2.75, 3.05) is 6.54 Å². The van der Waals surface area contributed by atoms with Crippen molar-refractivity contribution >= 4 is 18.0 Å². The van der Waals surface area contributed by atoms with Crippen LogP contribution in [0, 0.1) is 5.92 Å². The van der Waals surface area contributed by atoms with E-state index in [9.17, 15) is 9.59 Å². The maximum absolute atomic E-state index is 12.6. The van der Waals surface area contributed by atoms with Gasteiger partial charge >= 0.3 is 5.97 Å². The highest BCUT2D eigenvalue weighted by molar-refractivity contribution is 5.95. The van der Waals surface area contributed by atoms with E-state index < -0.39 is 5.97 Å². The third kappa shape index (κ3) is 3.94. The molecule has 1 aliphatic rings. The molecule has 1 aromatic carbocycles. The Balaban J connectivity index is 2.16. The molecule has 112 valence electrons. The fourth-order valence-electron chi connectivity index (χ4n) is 2.82. The van der Waals surface area contributed by atoms with Crippen LogP contribution in [0.5, 0.6) is 0 Å². The van der Waals surface area contributed by atoms with Crippen LogP contribution in [-0.2, 0) is 4.79 Å². The third-order valence-corrected chi connectivity index (χ3v) is 3.95. The Morgan fingerprint density at radius 1 is 1.33 bits per heavy atom. The van der Waals surface area contributed by atoms with Gasteiger partial charge in [0.05, 0.1) is 0 Å². The van der Waals surface area contributed by atoms with Gasteiger partial charge in [-0.2, -0.15) is 0 Å². The molecule has 1 fully saturated rings. The molecule has 1 amide bonds. The van der Waals surface area contributed by atoms with E-state index in [2.05, 4.69) is 13.8 Å². The van der Waals surface area contributed by atoms with Crippen molar-refractivity contribution in [1.82, 2.24) is 4.90 Å². The first kappa shape index (κ1) is 15.3. The summed E-state index contributed by atoms with van der Waals surface area (Å²) in [5.74, 6) is -0.306. The van der Waals surface area contributed by atoms with Crippen molar-refractivity contribution in [2.45, 2.75) is 32.7 Å². The number of carbonyl (C=O) groups excluding carboxylic acids is 1. The molecule has 1 aromatic rings. The summed E-state index contributed by atoms with van der Waals surface area (Å²) in [7, 11) is 0. The number of likely N-dealkylation sites (tertiary alicyclic amines) is 1. The molecule has 0 radical (unpaired) electrons. The summed E-state index contributed by atoms with van der Waals surface area (Å²) in [5, 5.41) is 8.65. The molecule has 21 heavy (non-hydrogen) atoms. The standard InChI is InChI=1S/C17H21NO3/c1-12-8-9-18(13(2)10-12)17(21)15-5-3-4-14(11-15)6-7-16(19)20/h3-7,11-13H,8-10H2,1-2H3,(H,19,20). The van der Waals surface area contributed by atoms with Gasteiger partial charge in [-0.25, -0.2) is 4.79 Å². The minimum Gasteiger partial charge on any atom is -0.478 e.